The van der Waals surface area contributed by atoms with Gasteiger partial charge >= 0.3 is 0 Å². The quantitative estimate of drug-likeness (QED) is 0.390. The van der Waals surface area contributed by atoms with E-state index in [1.54, 1.807) is 0 Å². The number of ether oxygens (including phenoxy) is 1. The fourth-order valence-corrected chi connectivity index (χ4v) is 2.18. The molecule has 0 aromatic heterocycles. The lowest BCUT2D eigenvalue weighted by molar-refractivity contribution is 0.303. The van der Waals surface area contributed by atoms with Crippen LogP contribution in [-0.2, 0) is 13.2 Å². The molecule has 2 aromatic carbocycles. The molecule has 2 aromatic rings. The van der Waals surface area contributed by atoms with Crippen LogP contribution in [0.5, 0.6) is 5.75 Å². The summed E-state index contributed by atoms with van der Waals surface area (Å²) < 4.78 is 5.97. The first-order chi connectivity index (χ1) is 11.3. The van der Waals surface area contributed by atoms with E-state index in [2.05, 4.69) is 47.7 Å². The summed E-state index contributed by atoms with van der Waals surface area (Å²) in [6, 6.07) is 18.2. The van der Waals surface area contributed by atoms with Gasteiger partial charge in [0.05, 0.1) is 6.54 Å². The van der Waals surface area contributed by atoms with Gasteiger partial charge in [0.2, 0.25) is 0 Å². The molecule has 0 aliphatic carbocycles. The first-order valence-electron chi connectivity index (χ1n) is 8.10. The molecule has 0 aliphatic heterocycles. The third-order valence-corrected chi connectivity index (χ3v) is 3.31. The Labute approximate surface area is 161 Å². The molecular weight excluding hydrogens is 413 g/mol. The minimum atomic E-state index is 0. The molecule has 4 nitrogen and oxygen atoms in total. The van der Waals surface area contributed by atoms with Crippen LogP contribution in [-0.4, -0.2) is 19.0 Å². The summed E-state index contributed by atoms with van der Waals surface area (Å²) in [7, 11) is 0. The predicted molar refractivity (Wildman–Crippen MR) is 111 cm³/mol. The lowest BCUT2D eigenvalue weighted by Gasteiger charge is -2.12. The average molecular weight is 439 g/mol. The van der Waals surface area contributed by atoms with Gasteiger partial charge in [-0.3, -0.25) is 0 Å². The number of halogens is 1. The first kappa shape index (κ1) is 20.3. The number of benzene rings is 2. The van der Waals surface area contributed by atoms with Crippen LogP contribution in [0, 0.1) is 0 Å². The minimum Gasteiger partial charge on any atom is -0.489 e. The molecule has 0 amide bonds. The number of hydrogen-bond acceptors (Lipinski definition) is 2. The summed E-state index contributed by atoms with van der Waals surface area (Å²) in [5.41, 5.74) is 2.24. The van der Waals surface area contributed by atoms with Gasteiger partial charge in [-0.1, -0.05) is 48.5 Å². The molecule has 0 unspecified atom stereocenters. The molecule has 0 spiro atoms. The van der Waals surface area contributed by atoms with Gasteiger partial charge in [-0.2, -0.15) is 0 Å². The Morgan fingerprint density at radius 3 is 2.21 bits per heavy atom. The molecule has 24 heavy (non-hydrogen) atoms. The second kappa shape index (κ2) is 11.7. The number of hydrogen-bond donors (Lipinski definition) is 2. The second-order valence-corrected chi connectivity index (χ2v) is 5.11. The molecule has 0 saturated heterocycles. The van der Waals surface area contributed by atoms with E-state index in [4.69, 9.17) is 4.74 Å². The third kappa shape index (κ3) is 6.78. The van der Waals surface area contributed by atoms with Crippen molar-refractivity contribution in [2.24, 2.45) is 4.99 Å². The van der Waals surface area contributed by atoms with Crippen LogP contribution in [0.1, 0.15) is 25.0 Å². The SMILES string of the molecule is CCNC(=NCc1ccccc1OCc1ccccc1)NCC.I. The fraction of sp³-hybridized carbons (Fsp3) is 0.316. The molecule has 0 saturated carbocycles. The highest BCUT2D eigenvalue weighted by Gasteiger charge is 2.04. The topological polar surface area (TPSA) is 45.7 Å². The van der Waals surface area contributed by atoms with Gasteiger partial charge in [-0.05, 0) is 25.5 Å². The van der Waals surface area contributed by atoms with Crippen LogP contribution >= 0.6 is 24.0 Å². The molecule has 0 fully saturated rings. The second-order valence-electron chi connectivity index (χ2n) is 5.11. The molecule has 5 heteroatoms. The molecule has 0 radical (unpaired) electrons. The summed E-state index contributed by atoms with van der Waals surface area (Å²) in [5, 5.41) is 6.46. The highest BCUT2D eigenvalue weighted by atomic mass is 127. The zero-order chi connectivity index (χ0) is 16.3. The number of nitrogens with zero attached hydrogens (tertiary/aromatic N) is 1. The largest absolute Gasteiger partial charge is 0.489 e. The normalized spacial score (nSPS) is 9.58. The van der Waals surface area contributed by atoms with Gasteiger partial charge in [-0.25, -0.2) is 4.99 Å². The van der Waals surface area contributed by atoms with E-state index in [0.717, 1.165) is 35.9 Å². The molecule has 0 heterocycles. The predicted octanol–water partition coefficient (Wildman–Crippen LogP) is 3.96. The number of nitrogens with one attached hydrogen (secondary N) is 2. The van der Waals surface area contributed by atoms with Crippen molar-refractivity contribution in [1.82, 2.24) is 10.6 Å². The molecular formula is C19H26IN3O. The van der Waals surface area contributed by atoms with Gasteiger partial charge in [0.15, 0.2) is 5.96 Å². The number of aliphatic imine (C=N–C) groups is 1. The van der Waals surface area contributed by atoms with E-state index in [9.17, 15) is 0 Å². The highest BCUT2D eigenvalue weighted by Crippen LogP contribution is 2.20. The zero-order valence-corrected chi connectivity index (χ0v) is 16.6. The molecule has 0 aliphatic rings. The number of para-hydroxylation sites is 1. The van der Waals surface area contributed by atoms with Crippen molar-refractivity contribution in [3.05, 3.63) is 65.7 Å². The fourth-order valence-electron chi connectivity index (χ4n) is 2.18. The van der Waals surface area contributed by atoms with Crippen LogP contribution in [0.2, 0.25) is 0 Å². The molecule has 2 rings (SSSR count). The Morgan fingerprint density at radius 1 is 0.917 bits per heavy atom. The van der Waals surface area contributed by atoms with E-state index in [-0.39, 0.29) is 24.0 Å². The van der Waals surface area contributed by atoms with Crippen molar-refractivity contribution in [2.45, 2.75) is 27.0 Å². The van der Waals surface area contributed by atoms with Crippen LogP contribution in [0.15, 0.2) is 59.6 Å². The van der Waals surface area contributed by atoms with E-state index in [0.29, 0.717) is 13.2 Å². The summed E-state index contributed by atoms with van der Waals surface area (Å²) in [4.78, 5) is 4.60. The molecule has 130 valence electrons. The first-order valence-corrected chi connectivity index (χ1v) is 8.10. The van der Waals surface area contributed by atoms with E-state index < -0.39 is 0 Å². The monoisotopic (exact) mass is 439 g/mol. The Bertz CT molecular complexity index is 609. The zero-order valence-electron chi connectivity index (χ0n) is 14.3. The van der Waals surface area contributed by atoms with E-state index >= 15 is 0 Å². The maximum atomic E-state index is 5.97. The smallest absolute Gasteiger partial charge is 0.191 e. The van der Waals surface area contributed by atoms with E-state index in [1.807, 2.05) is 36.4 Å². The summed E-state index contributed by atoms with van der Waals surface area (Å²) in [6.45, 7) is 6.96. The Balaban J connectivity index is 0.00000288. The lowest BCUT2D eigenvalue weighted by atomic mass is 10.2. The van der Waals surface area contributed by atoms with Gasteiger partial charge in [0.1, 0.15) is 12.4 Å². The third-order valence-electron chi connectivity index (χ3n) is 3.31. The van der Waals surface area contributed by atoms with Crippen molar-refractivity contribution in [3.63, 3.8) is 0 Å². The van der Waals surface area contributed by atoms with E-state index in [1.165, 1.54) is 0 Å². The van der Waals surface area contributed by atoms with Crippen molar-refractivity contribution in [2.75, 3.05) is 13.1 Å². The average Bonchev–Trinajstić information content (AvgIpc) is 2.60. The van der Waals surface area contributed by atoms with Gasteiger partial charge in [-0.15, -0.1) is 24.0 Å². The lowest BCUT2D eigenvalue weighted by Crippen LogP contribution is -2.36. The van der Waals surface area contributed by atoms with Crippen LogP contribution in [0.3, 0.4) is 0 Å². The maximum Gasteiger partial charge on any atom is 0.191 e. The number of rotatable bonds is 7. The van der Waals surface area contributed by atoms with Crippen LogP contribution in [0.4, 0.5) is 0 Å². The van der Waals surface area contributed by atoms with Gasteiger partial charge < -0.3 is 15.4 Å². The standard InChI is InChI=1S/C19H25N3O.HI/c1-3-20-19(21-4-2)22-14-17-12-8-9-13-18(17)23-15-16-10-6-5-7-11-16;/h5-13H,3-4,14-15H2,1-2H3,(H2,20,21,22);1H. The van der Waals surface area contributed by atoms with Crippen molar-refractivity contribution < 1.29 is 4.74 Å². The van der Waals surface area contributed by atoms with Gasteiger partial charge in [0.25, 0.3) is 0 Å². The molecule has 2 N–H and O–H groups in total. The summed E-state index contributed by atoms with van der Waals surface area (Å²) in [6.07, 6.45) is 0. The molecule has 0 atom stereocenters. The maximum absolute atomic E-state index is 5.97. The highest BCUT2D eigenvalue weighted by molar-refractivity contribution is 14.0. The Kier molecular flexibility index (Phi) is 9.91. The minimum absolute atomic E-state index is 0. The Morgan fingerprint density at radius 2 is 1.54 bits per heavy atom. The van der Waals surface area contributed by atoms with Crippen LogP contribution in [0.25, 0.3) is 0 Å². The van der Waals surface area contributed by atoms with Crippen molar-refractivity contribution in [1.29, 1.82) is 0 Å². The Hall–Kier alpha value is -1.76. The summed E-state index contributed by atoms with van der Waals surface area (Å²) in [5.74, 6) is 1.71. The van der Waals surface area contributed by atoms with Gasteiger partial charge in [0, 0.05) is 18.7 Å². The van der Waals surface area contributed by atoms with Crippen LogP contribution < -0.4 is 15.4 Å². The number of guanidine groups is 1. The van der Waals surface area contributed by atoms with Crippen molar-refractivity contribution >= 4 is 29.9 Å². The van der Waals surface area contributed by atoms with Crippen molar-refractivity contribution in [3.8, 4) is 5.75 Å². The molecule has 0 bridgehead atoms. The summed E-state index contributed by atoms with van der Waals surface area (Å²) >= 11 is 0.